The minimum absolute atomic E-state index is 0.00791. The number of benzene rings is 2. The number of hydrogen-bond donors (Lipinski definition) is 2. The molecular weight excluding hydrogens is 627 g/mol. The normalized spacial score (nSPS) is 21.3. The van der Waals surface area contributed by atoms with Gasteiger partial charge in [0, 0.05) is 30.9 Å². The van der Waals surface area contributed by atoms with E-state index >= 15 is 0 Å². The van der Waals surface area contributed by atoms with Gasteiger partial charge in [-0.2, -0.15) is 13.2 Å². The van der Waals surface area contributed by atoms with Crippen LogP contribution in [0.1, 0.15) is 76.0 Å². The minimum atomic E-state index is -4.68. The highest BCUT2D eigenvalue weighted by atomic mass is 19.4. The van der Waals surface area contributed by atoms with Crippen LogP contribution in [0, 0.1) is 11.6 Å². The number of hydrogen-bond acceptors (Lipinski definition) is 6. The first-order valence-corrected chi connectivity index (χ1v) is 15.4. The lowest BCUT2D eigenvalue weighted by atomic mass is 9.87. The second-order valence-corrected chi connectivity index (χ2v) is 13.3. The van der Waals surface area contributed by atoms with Crippen molar-refractivity contribution in [3.05, 3.63) is 76.1 Å². The Morgan fingerprint density at radius 1 is 1.06 bits per heavy atom. The number of ether oxygens (including phenoxy) is 1. The number of aliphatic hydroxyl groups excluding tert-OH is 1. The SMILES string of the molecule is CC(C)(C)OC(=O)N1CCC(c2cc(C(F)(F)F)ccc2NC(=O)C2=C(O)C3(C)CCCN3N(Cc3cccc(F)c3F)C2=O)CC1. The number of alkyl halides is 3. The van der Waals surface area contributed by atoms with Crippen LogP contribution in [0.15, 0.2) is 47.7 Å². The Hall–Kier alpha value is -4.20. The number of carbonyl (C=O) groups excluding carboxylic acids is 3. The molecule has 2 N–H and O–H groups in total. The van der Waals surface area contributed by atoms with Crippen LogP contribution < -0.4 is 5.32 Å². The monoisotopic (exact) mass is 664 g/mol. The summed E-state index contributed by atoms with van der Waals surface area (Å²) in [4.78, 5) is 41.7. The van der Waals surface area contributed by atoms with Gasteiger partial charge in [-0.05, 0) is 89.1 Å². The Morgan fingerprint density at radius 3 is 2.38 bits per heavy atom. The topological polar surface area (TPSA) is 102 Å². The molecule has 1 unspecified atom stereocenters. The molecular formula is C33H37F5N4O5. The van der Waals surface area contributed by atoms with E-state index < -0.39 is 76.2 Å². The largest absolute Gasteiger partial charge is 0.509 e. The fraction of sp³-hybridized carbons (Fsp3) is 0.485. The van der Waals surface area contributed by atoms with Crippen molar-refractivity contribution in [2.75, 3.05) is 25.0 Å². The van der Waals surface area contributed by atoms with E-state index in [1.54, 1.807) is 27.7 Å². The van der Waals surface area contributed by atoms with E-state index in [2.05, 4.69) is 5.32 Å². The first-order valence-electron chi connectivity index (χ1n) is 15.4. The Balaban J connectivity index is 1.45. The van der Waals surface area contributed by atoms with Crippen LogP contribution in [0.5, 0.6) is 0 Å². The number of rotatable bonds is 5. The predicted octanol–water partition coefficient (Wildman–Crippen LogP) is 6.66. The van der Waals surface area contributed by atoms with Crippen LogP contribution in [0.2, 0.25) is 0 Å². The molecule has 0 radical (unpaired) electrons. The maximum absolute atomic E-state index is 14.6. The molecule has 3 aliphatic rings. The third kappa shape index (κ3) is 6.78. The van der Waals surface area contributed by atoms with Crippen LogP contribution in [0.3, 0.4) is 0 Å². The molecule has 14 heteroatoms. The standard InChI is InChI=1S/C33H37F5N4O5/c1-31(2,3)47-30(46)40-15-11-19(12-16-40)22-17-21(33(36,37)38)9-10-24(22)39-28(44)25-27(43)32(4)13-6-14-42(32)41(29(25)45)18-20-7-5-8-23(34)26(20)35/h5,7-10,17,19,43H,6,11-16,18H2,1-4H3,(H,39,44). The molecule has 2 fully saturated rings. The lowest BCUT2D eigenvalue weighted by Crippen LogP contribution is -2.60. The van der Waals surface area contributed by atoms with E-state index in [1.807, 2.05) is 0 Å². The van der Waals surface area contributed by atoms with Crippen molar-refractivity contribution in [2.45, 2.75) is 83.2 Å². The van der Waals surface area contributed by atoms with E-state index in [1.165, 1.54) is 22.0 Å². The smallest absolute Gasteiger partial charge is 0.416 e. The lowest BCUT2D eigenvalue weighted by molar-refractivity contribution is -0.160. The van der Waals surface area contributed by atoms with E-state index in [-0.39, 0.29) is 42.7 Å². The summed E-state index contributed by atoms with van der Waals surface area (Å²) >= 11 is 0. The zero-order chi connectivity index (χ0) is 34.5. The van der Waals surface area contributed by atoms with Gasteiger partial charge < -0.3 is 20.1 Å². The molecule has 9 nitrogen and oxygen atoms in total. The zero-order valence-electron chi connectivity index (χ0n) is 26.5. The van der Waals surface area contributed by atoms with Crippen molar-refractivity contribution in [2.24, 2.45) is 0 Å². The van der Waals surface area contributed by atoms with Crippen molar-refractivity contribution >= 4 is 23.6 Å². The first kappa shape index (κ1) is 34.1. The van der Waals surface area contributed by atoms with E-state index in [0.29, 0.717) is 19.4 Å². The van der Waals surface area contributed by atoms with Crippen molar-refractivity contribution in [1.29, 1.82) is 0 Å². The molecule has 3 amide bonds. The summed E-state index contributed by atoms with van der Waals surface area (Å²) in [5.74, 6) is -5.31. The highest BCUT2D eigenvalue weighted by Gasteiger charge is 2.53. The van der Waals surface area contributed by atoms with Crippen LogP contribution in [-0.4, -0.2) is 68.7 Å². The maximum atomic E-state index is 14.6. The molecule has 1 atom stereocenters. The van der Waals surface area contributed by atoms with Crippen LogP contribution >= 0.6 is 0 Å². The molecule has 0 bridgehead atoms. The number of halogens is 5. The summed E-state index contributed by atoms with van der Waals surface area (Å²) in [5.41, 5.74) is -3.50. The number of nitrogens with zero attached hydrogens (tertiary/aromatic N) is 3. The number of likely N-dealkylation sites (tertiary alicyclic amines) is 1. The highest BCUT2D eigenvalue weighted by molar-refractivity contribution is 6.23. The van der Waals surface area contributed by atoms with E-state index in [9.17, 15) is 41.4 Å². The summed E-state index contributed by atoms with van der Waals surface area (Å²) in [6.07, 6.45) is -3.80. The number of aliphatic hydroxyl groups is 1. The fourth-order valence-corrected chi connectivity index (χ4v) is 6.45. The number of carbonyl (C=O) groups is 3. The molecule has 254 valence electrons. The number of piperidine rings is 1. The van der Waals surface area contributed by atoms with Gasteiger partial charge in [0.2, 0.25) is 0 Å². The number of nitrogens with one attached hydrogen (secondary N) is 1. The molecule has 0 aliphatic carbocycles. The summed E-state index contributed by atoms with van der Waals surface area (Å²) in [5, 5.41) is 16.5. The Morgan fingerprint density at radius 2 is 1.74 bits per heavy atom. The van der Waals surface area contributed by atoms with Gasteiger partial charge in [-0.1, -0.05) is 12.1 Å². The molecule has 5 rings (SSSR count). The molecule has 0 saturated carbocycles. The lowest BCUT2D eigenvalue weighted by Gasteiger charge is -2.46. The Kier molecular flexibility index (Phi) is 9.03. The third-order valence-electron chi connectivity index (χ3n) is 8.88. The van der Waals surface area contributed by atoms with Gasteiger partial charge in [-0.15, -0.1) is 0 Å². The number of fused-ring (bicyclic) bond motifs is 1. The van der Waals surface area contributed by atoms with Crippen molar-refractivity contribution < 1.29 is 46.2 Å². The van der Waals surface area contributed by atoms with Crippen molar-refractivity contribution in [3.8, 4) is 0 Å². The quantitative estimate of drug-likeness (QED) is 0.274. The predicted molar refractivity (Wildman–Crippen MR) is 161 cm³/mol. The second kappa shape index (κ2) is 12.4. The van der Waals surface area contributed by atoms with E-state index in [4.69, 9.17) is 4.74 Å². The van der Waals surface area contributed by atoms with Crippen molar-refractivity contribution in [1.82, 2.24) is 14.9 Å². The molecule has 2 aromatic carbocycles. The maximum Gasteiger partial charge on any atom is 0.416 e. The molecule has 3 aliphatic heterocycles. The summed E-state index contributed by atoms with van der Waals surface area (Å²) in [6, 6.07) is 6.38. The fourth-order valence-electron chi connectivity index (χ4n) is 6.45. The van der Waals surface area contributed by atoms with Gasteiger partial charge >= 0.3 is 12.3 Å². The van der Waals surface area contributed by atoms with Gasteiger partial charge in [0.15, 0.2) is 11.6 Å². The number of amides is 3. The number of hydrazine groups is 1. The molecule has 0 aromatic heterocycles. The highest BCUT2D eigenvalue weighted by Crippen LogP contribution is 2.43. The van der Waals surface area contributed by atoms with Crippen molar-refractivity contribution in [3.63, 3.8) is 0 Å². The molecule has 2 saturated heterocycles. The second-order valence-electron chi connectivity index (χ2n) is 13.3. The Bertz CT molecular complexity index is 1610. The van der Waals surface area contributed by atoms with Crippen LogP contribution in [0.4, 0.5) is 32.4 Å². The molecule has 2 aromatic rings. The van der Waals surface area contributed by atoms with Gasteiger partial charge in [-0.25, -0.2) is 18.6 Å². The first-order chi connectivity index (χ1) is 21.9. The molecule has 0 spiro atoms. The summed E-state index contributed by atoms with van der Waals surface area (Å²) in [7, 11) is 0. The Labute approximate surface area is 268 Å². The average molecular weight is 665 g/mol. The molecule has 47 heavy (non-hydrogen) atoms. The van der Waals surface area contributed by atoms with Crippen LogP contribution in [0.25, 0.3) is 0 Å². The minimum Gasteiger partial charge on any atom is -0.509 e. The van der Waals surface area contributed by atoms with Gasteiger partial charge in [0.1, 0.15) is 16.9 Å². The van der Waals surface area contributed by atoms with Crippen LogP contribution in [-0.2, 0) is 27.0 Å². The van der Waals surface area contributed by atoms with Gasteiger partial charge in [-0.3, -0.25) is 14.6 Å². The van der Waals surface area contributed by atoms with Gasteiger partial charge in [0.05, 0.1) is 17.6 Å². The average Bonchev–Trinajstić information content (AvgIpc) is 3.39. The summed E-state index contributed by atoms with van der Waals surface area (Å²) in [6.45, 7) is 7.06. The zero-order valence-corrected chi connectivity index (χ0v) is 26.5. The number of anilines is 1. The van der Waals surface area contributed by atoms with Gasteiger partial charge in [0.25, 0.3) is 11.8 Å². The van der Waals surface area contributed by atoms with E-state index in [0.717, 1.165) is 29.3 Å². The third-order valence-corrected chi connectivity index (χ3v) is 8.88. The summed E-state index contributed by atoms with van der Waals surface area (Å²) < 4.78 is 75.4. The molecule has 3 heterocycles.